The van der Waals surface area contributed by atoms with Crippen LogP contribution < -0.4 is 4.90 Å². The Balaban J connectivity index is 2.28. The zero-order valence-corrected chi connectivity index (χ0v) is 11.6. The Kier molecular flexibility index (Phi) is 3.50. The zero-order valence-electron chi connectivity index (χ0n) is 7.87. The molecule has 1 saturated heterocycles. The van der Waals surface area contributed by atoms with Gasteiger partial charge in [0.25, 0.3) is 0 Å². The van der Waals surface area contributed by atoms with E-state index in [9.17, 15) is 4.79 Å². The molecule has 0 N–H and O–H groups in total. The molecule has 1 aromatic carbocycles. The van der Waals surface area contributed by atoms with Gasteiger partial charge in [-0.15, -0.1) is 0 Å². The molecule has 0 spiro atoms. The van der Waals surface area contributed by atoms with Crippen LogP contribution in [0.15, 0.2) is 22.7 Å². The number of anilines is 1. The van der Waals surface area contributed by atoms with Crippen molar-refractivity contribution in [3.63, 3.8) is 0 Å². The molecule has 80 valence electrons. The molecule has 1 aromatic rings. The standard InChI is InChI=1S/C10H9BrINO2/c11-8-6-7(2-3-9(8)12)13-4-1-5-15-10(13)14/h2-3,6H,1,4-5H2. The number of hydrogen-bond acceptors (Lipinski definition) is 2. The number of rotatable bonds is 1. The summed E-state index contributed by atoms with van der Waals surface area (Å²) in [6.45, 7) is 1.26. The van der Waals surface area contributed by atoms with Crippen LogP contribution in [0.1, 0.15) is 6.42 Å². The van der Waals surface area contributed by atoms with Gasteiger partial charge in [-0.25, -0.2) is 4.79 Å². The smallest absolute Gasteiger partial charge is 0.414 e. The van der Waals surface area contributed by atoms with Crippen molar-refractivity contribution in [2.45, 2.75) is 6.42 Å². The van der Waals surface area contributed by atoms with Gasteiger partial charge >= 0.3 is 6.09 Å². The van der Waals surface area contributed by atoms with E-state index in [1.54, 1.807) is 4.90 Å². The first-order valence-electron chi connectivity index (χ1n) is 4.58. The molecule has 1 heterocycles. The van der Waals surface area contributed by atoms with Gasteiger partial charge in [0.1, 0.15) is 0 Å². The minimum absolute atomic E-state index is 0.255. The highest BCUT2D eigenvalue weighted by Gasteiger charge is 2.21. The van der Waals surface area contributed by atoms with Gasteiger partial charge in [-0.05, 0) is 63.1 Å². The van der Waals surface area contributed by atoms with E-state index >= 15 is 0 Å². The summed E-state index contributed by atoms with van der Waals surface area (Å²) >= 11 is 5.68. The topological polar surface area (TPSA) is 29.5 Å². The van der Waals surface area contributed by atoms with Crippen molar-refractivity contribution >= 4 is 50.3 Å². The van der Waals surface area contributed by atoms with Gasteiger partial charge < -0.3 is 4.74 Å². The Bertz CT molecular complexity index is 397. The van der Waals surface area contributed by atoms with E-state index < -0.39 is 0 Å². The molecule has 0 saturated carbocycles. The number of carbonyl (C=O) groups is 1. The molecule has 0 radical (unpaired) electrons. The van der Waals surface area contributed by atoms with Crippen LogP contribution in [0.25, 0.3) is 0 Å². The number of ether oxygens (including phenoxy) is 1. The fraction of sp³-hybridized carbons (Fsp3) is 0.300. The van der Waals surface area contributed by atoms with Crippen LogP contribution >= 0.6 is 38.5 Å². The molecule has 2 rings (SSSR count). The van der Waals surface area contributed by atoms with E-state index in [0.717, 1.165) is 26.7 Å². The Morgan fingerprint density at radius 2 is 2.27 bits per heavy atom. The summed E-state index contributed by atoms with van der Waals surface area (Å²) in [6, 6.07) is 5.84. The molecule has 0 unspecified atom stereocenters. The lowest BCUT2D eigenvalue weighted by Crippen LogP contribution is -2.37. The number of hydrogen-bond donors (Lipinski definition) is 0. The minimum atomic E-state index is -0.255. The van der Waals surface area contributed by atoms with Crippen molar-refractivity contribution in [3.05, 3.63) is 26.2 Å². The van der Waals surface area contributed by atoms with E-state index in [4.69, 9.17) is 4.74 Å². The van der Waals surface area contributed by atoms with Gasteiger partial charge in [0.05, 0.1) is 6.61 Å². The highest BCUT2D eigenvalue weighted by atomic mass is 127. The van der Waals surface area contributed by atoms with Crippen molar-refractivity contribution < 1.29 is 9.53 Å². The van der Waals surface area contributed by atoms with E-state index in [2.05, 4.69) is 38.5 Å². The van der Waals surface area contributed by atoms with Crippen molar-refractivity contribution in [2.75, 3.05) is 18.1 Å². The predicted octanol–water partition coefficient (Wildman–Crippen LogP) is 3.40. The summed E-state index contributed by atoms with van der Waals surface area (Å²) < 4.78 is 7.11. The number of cyclic esters (lactones) is 1. The first-order chi connectivity index (χ1) is 7.18. The SMILES string of the molecule is O=C1OCCCN1c1ccc(I)c(Br)c1. The monoisotopic (exact) mass is 381 g/mol. The lowest BCUT2D eigenvalue weighted by Gasteiger charge is -2.26. The molecule has 15 heavy (non-hydrogen) atoms. The largest absolute Gasteiger partial charge is 0.449 e. The van der Waals surface area contributed by atoms with Crippen molar-refractivity contribution in [1.82, 2.24) is 0 Å². The lowest BCUT2D eigenvalue weighted by atomic mass is 10.2. The summed E-state index contributed by atoms with van der Waals surface area (Å²) in [7, 11) is 0. The first-order valence-corrected chi connectivity index (χ1v) is 6.45. The van der Waals surface area contributed by atoms with Crippen molar-refractivity contribution in [3.8, 4) is 0 Å². The molecule has 0 aromatic heterocycles. The predicted molar refractivity (Wildman–Crippen MR) is 70.2 cm³/mol. The van der Waals surface area contributed by atoms with Crippen LogP contribution in [-0.2, 0) is 4.74 Å². The molecule has 1 aliphatic heterocycles. The molecule has 0 bridgehead atoms. The Morgan fingerprint density at radius 1 is 1.47 bits per heavy atom. The summed E-state index contributed by atoms with van der Waals surface area (Å²) in [5, 5.41) is 0. The molecule has 5 heteroatoms. The Labute approximate surface area is 110 Å². The first kappa shape index (κ1) is 11.2. The van der Waals surface area contributed by atoms with Crippen LogP contribution in [0.3, 0.4) is 0 Å². The highest BCUT2D eigenvalue weighted by molar-refractivity contribution is 14.1. The van der Waals surface area contributed by atoms with E-state index in [0.29, 0.717) is 6.61 Å². The third-order valence-electron chi connectivity index (χ3n) is 2.19. The fourth-order valence-electron chi connectivity index (χ4n) is 1.44. The second kappa shape index (κ2) is 4.69. The summed E-state index contributed by atoms with van der Waals surface area (Å²) in [5.41, 5.74) is 0.881. The Morgan fingerprint density at radius 3 is 2.93 bits per heavy atom. The van der Waals surface area contributed by atoms with Crippen LogP contribution in [0.2, 0.25) is 0 Å². The van der Waals surface area contributed by atoms with Gasteiger partial charge in [0.2, 0.25) is 0 Å². The van der Waals surface area contributed by atoms with Gasteiger partial charge in [0.15, 0.2) is 0 Å². The third kappa shape index (κ3) is 2.44. The van der Waals surface area contributed by atoms with E-state index in [-0.39, 0.29) is 6.09 Å². The molecule has 1 amide bonds. The van der Waals surface area contributed by atoms with E-state index in [1.165, 1.54) is 0 Å². The summed E-state index contributed by atoms with van der Waals surface area (Å²) in [6.07, 6.45) is 0.629. The van der Waals surface area contributed by atoms with Gasteiger partial charge in [0, 0.05) is 20.3 Å². The molecular formula is C10H9BrINO2. The van der Waals surface area contributed by atoms with Crippen LogP contribution in [0.4, 0.5) is 10.5 Å². The second-order valence-electron chi connectivity index (χ2n) is 3.22. The molecule has 0 atom stereocenters. The molecular weight excluding hydrogens is 373 g/mol. The highest BCUT2D eigenvalue weighted by Crippen LogP contribution is 2.26. The number of benzene rings is 1. The van der Waals surface area contributed by atoms with Crippen LogP contribution in [-0.4, -0.2) is 19.2 Å². The quantitative estimate of drug-likeness (QED) is 0.698. The van der Waals surface area contributed by atoms with Crippen LogP contribution in [0.5, 0.6) is 0 Å². The number of carbonyl (C=O) groups excluding carboxylic acids is 1. The molecule has 1 aliphatic rings. The molecule has 3 nitrogen and oxygen atoms in total. The maximum Gasteiger partial charge on any atom is 0.414 e. The average molecular weight is 382 g/mol. The van der Waals surface area contributed by atoms with Crippen molar-refractivity contribution in [1.29, 1.82) is 0 Å². The normalized spacial score (nSPS) is 16.4. The lowest BCUT2D eigenvalue weighted by molar-refractivity contribution is 0.140. The van der Waals surface area contributed by atoms with Gasteiger partial charge in [-0.2, -0.15) is 0 Å². The number of amides is 1. The Hall–Kier alpha value is -0.300. The third-order valence-corrected chi connectivity index (χ3v) is 4.52. The summed E-state index contributed by atoms with van der Waals surface area (Å²) in [4.78, 5) is 13.1. The molecule has 0 aliphatic carbocycles. The maximum atomic E-state index is 11.5. The number of halogens is 2. The zero-order chi connectivity index (χ0) is 10.8. The average Bonchev–Trinajstić information content (AvgIpc) is 2.23. The fourth-order valence-corrected chi connectivity index (χ4v) is 2.14. The van der Waals surface area contributed by atoms with Gasteiger partial charge in [-0.1, -0.05) is 0 Å². The maximum absolute atomic E-state index is 11.5. The number of nitrogens with zero attached hydrogens (tertiary/aromatic N) is 1. The van der Waals surface area contributed by atoms with E-state index in [1.807, 2.05) is 18.2 Å². The minimum Gasteiger partial charge on any atom is -0.449 e. The second-order valence-corrected chi connectivity index (χ2v) is 5.23. The summed E-state index contributed by atoms with van der Waals surface area (Å²) in [5.74, 6) is 0. The van der Waals surface area contributed by atoms with Crippen molar-refractivity contribution in [2.24, 2.45) is 0 Å². The van der Waals surface area contributed by atoms with Crippen LogP contribution in [0, 0.1) is 3.57 Å². The van der Waals surface area contributed by atoms with Gasteiger partial charge in [-0.3, -0.25) is 4.90 Å². The molecule has 1 fully saturated rings.